The van der Waals surface area contributed by atoms with Gasteiger partial charge in [-0.15, -0.1) is 0 Å². The van der Waals surface area contributed by atoms with E-state index in [1.54, 1.807) is 6.07 Å². The quantitative estimate of drug-likeness (QED) is 0.809. The maximum atomic E-state index is 12.2. The molecule has 4 heteroatoms. The molecule has 1 aromatic rings. The van der Waals surface area contributed by atoms with Crippen LogP contribution in [0.2, 0.25) is 0 Å². The van der Waals surface area contributed by atoms with Gasteiger partial charge in [0.1, 0.15) is 5.75 Å². The minimum atomic E-state index is -0.0843. The Morgan fingerprint density at radius 1 is 1.47 bits per heavy atom. The van der Waals surface area contributed by atoms with E-state index in [0.29, 0.717) is 11.5 Å². The summed E-state index contributed by atoms with van der Waals surface area (Å²) in [5, 5.41) is 9.62. The van der Waals surface area contributed by atoms with Gasteiger partial charge < -0.3 is 10.0 Å². The third-order valence-corrected chi connectivity index (χ3v) is 3.33. The van der Waals surface area contributed by atoms with Gasteiger partial charge in [0, 0.05) is 19.3 Å². The zero-order valence-corrected chi connectivity index (χ0v) is 10.1. The van der Waals surface area contributed by atoms with Crippen LogP contribution in [0.5, 0.6) is 5.75 Å². The van der Waals surface area contributed by atoms with Gasteiger partial charge in [0.25, 0.3) is 5.91 Å². The Hall–Kier alpha value is -1.58. The van der Waals surface area contributed by atoms with Crippen molar-refractivity contribution in [2.45, 2.75) is 26.2 Å². The Morgan fingerprint density at radius 3 is 3.06 bits per heavy atom. The van der Waals surface area contributed by atoms with Crippen LogP contribution in [0.1, 0.15) is 36.5 Å². The lowest BCUT2D eigenvalue weighted by Gasteiger charge is -2.20. The van der Waals surface area contributed by atoms with E-state index in [0.717, 1.165) is 25.9 Å². The summed E-state index contributed by atoms with van der Waals surface area (Å²) in [5.74, 6) is 0.563. The molecule has 2 heterocycles. The zero-order valence-electron chi connectivity index (χ0n) is 10.1. The second kappa shape index (κ2) is 5.17. The summed E-state index contributed by atoms with van der Waals surface area (Å²) in [6.45, 7) is 3.78. The summed E-state index contributed by atoms with van der Waals surface area (Å²) in [4.78, 5) is 17.8. The minimum Gasteiger partial charge on any atom is -0.505 e. The van der Waals surface area contributed by atoms with Gasteiger partial charge in [-0.1, -0.05) is 6.92 Å². The lowest BCUT2D eigenvalue weighted by Crippen LogP contribution is -2.32. The monoisotopic (exact) mass is 234 g/mol. The number of rotatable bonds is 1. The summed E-state index contributed by atoms with van der Waals surface area (Å²) in [6, 6.07) is 1.58. The number of carbonyl (C=O) groups excluding carboxylic acids is 1. The third kappa shape index (κ3) is 2.75. The molecule has 1 aliphatic heterocycles. The van der Waals surface area contributed by atoms with Gasteiger partial charge in [-0.25, -0.2) is 0 Å². The van der Waals surface area contributed by atoms with Crippen LogP contribution in [0.4, 0.5) is 0 Å². The van der Waals surface area contributed by atoms with Crippen LogP contribution in [0, 0.1) is 5.92 Å². The predicted molar refractivity (Wildman–Crippen MR) is 64.8 cm³/mol. The largest absolute Gasteiger partial charge is 0.505 e. The lowest BCUT2D eigenvalue weighted by molar-refractivity contribution is 0.0757. The highest BCUT2D eigenvalue weighted by atomic mass is 16.3. The maximum Gasteiger partial charge on any atom is 0.257 e. The summed E-state index contributed by atoms with van der Waals surface area (Å²) >= 11 is 0. The van der Waals surface area contributed by atoms with E-state index in [1.807, 2.05) is 4.90 Å². The van der Waals surface area contributed by atoms with Crippen molar-refractivity contribution >= 4 is 5.91 Å². The molecule has 92 valence electrons. The molecule has 0 bridgehead atoms. The Kier molecular flexibility index (Phi) is 3.61. The van der Waals surface area contributed by atoms with E-state index in [-0.39, 0.29) is 11.7 Å². The highest BCUT2D eigenvalue weighted by molar-refractivity contribution is 5.96. The van der Waals surface area contributed by atoms with E-state index < -0.39 is 0 Å². The second-order valence-corrected chi connectivity index (χ2v) is 4.72. The van der Waals surface area contributed by atoms with Crippen molar-refractivity contribution in [2.75, 3.05) is 13.1 Å². The zero-order chi connectivity index (χ0) is 12.3. The van der Waals surface area contributed by atoms with Crippen LogP contribution in [0.15, 0.2) is 18.5 Å². The first-order chi connectivity index (χ1) is 8.18. The minimum absolute atomic E-state index is 0.0326. The fourth-order valence-electron chi connectivity index (χ4n) is 2.20. The van der Waals surface area contributed by atoms with E-state index in [1.165, 1.54) is 18.8 Å². The number of hydrogen-bond acceptors (Lipinski definition) is 3. The molecule has 0 saturated carbocycles. The Morgan fingerprint density at radius 2 is 2.29 bits per heavy atom. The number of likely N-dealkylation sites (tertiary alicyclic amines) is 1. The van der Waals surface area contributed by atoms with E-state index >= 15 is 0 Å². The Labute approximate surface area is 101 Å². The molecule has 1 aliphatic rings. The molecule has 0 aliphatic carbocycles. The average molecular weight is 234 g/mol. The molecule has 0 spiro atoms. The first kappa shape index (κ1) is 11.9. The normalized spacial score (nSPS) is 21.0. The molecule has 1 fully saturated rings. The molecule has 1 N–H and O–H groups in total. The molecule has 1 atom stereocenters. The van der Waals surface area contributed by atoms with Crippen LogP contribution in [-0.2, 0) is 0 Å². The second-order valence-electron chi connectivity index (χ2n) is 4.72. The molecule has 2 rings (SSSR count). The Balaban J connectivity index is 2.12. The number of carbonyl (C=O) groups is 1. The fourth-order valence-corrected chi connectivity index (χ4v) is 2.20. The first-order valence-corrected chi connectivity index (χ1v) is 6.10. The van der Waals surface area contributed by atoms with Crippen molar-refractivity contribution in [1.82, 2.24) is 9.88 Å². The fraction of sp³-hybridized carbons (Fsp3) is 0.538. The highest BCUT2D eigenvalue weighted by Gasteiger charge is 2.21. The first-order valence-electron chi connectivity index (χ1n) is 6.10. The molecule has 1 unspecified atom stereocenters. The predicted octanol–water partition coefficient (Wildman–Crippen LogP) is 2.05. The molecule has 0 aromatic carbocycles. The summed E-state index contributed by atoms with van der Waals surface area (Å²) in [7, 11) is 0. The third-order valence-electron chi connectivity index (χ3n) is 3.33. The van der Waals surface area contributed by atoms with Crippen LogP contribution >= 0.6 is 0 Å². The standard InChI is InChI=1S/C13H18N2O2/c1-10-3-2-7-15(8-5-10)13(17)11-4-6-14-9-12(11)16/h4,6,9-10,16H,2-3,5,7-8H2,1H3. The van der Waals surface area contributed by atoms with Gasteiger partial charge in [-0.05, 0) is 31.2 Å². The smallest absolute Gasteiger partial charge is 0.257 e. The SMILES string of the molecule is CC1CCCN(C(=O)c2ccncc2O)CC1. The van der Waals surface area contributed by atoms with Crippen LogP contribution in [-0.4, -0.2) is 34.0 Å². The summed E-state index contributed by atoms with van der Waals surface area (Å²) in [5.41, 5.74) is 0.356. The summed E-state index contributed by atoms with van der Waals surface area (Å²) < 4.78 is 0. The van der Waals surface area contributed by atoms with Crippen molar-refractivity contribution in [1.29, 1.82) is 0 Å². The molecule has 1 amide bonds. The van der Waals surface area contributed by atoms with Crippen LogP contribution in [0.25, 0.3) is 0 Å². The number of pyridine rings is 1. The molecule has 0 radical (unpaired) electrons. The molecule has 1 aromatic heterocycles. The van der Waals surface area contributed by atoms with Crippen molar-refractivity contribution in [3.63, 3.8) is 0 Å². The van der Waals surface area contributed by atoms with Gasteiger partial charge in [0.05, 0.1) is 11.8 Å². The number of hydrogen-bond donors (Lipinski definition) is 1. The highest BCUT2D eigenvalue weighted by Crippen LogP contribution is 2.21. The van der Waals surface area contributed by atoms with Gasteiger partial charge in [-0.2, -0.15) is 0 Å². The topological polar surface area (TPSA) is 53.4 Å². The van der Waals surface area contributed by atoms with Gasteiger partial charge in [-0.3, -0.25) is 9.78 Å². The number of amides is 1. The molecule has 17 heavy (non-hydrogen) atoms. The van der Waals surface area contributed by atoms with Crippen molar-refractivity contribution in [2.24, 2.45) is 5.92 Å². The van der Waals surface area contributed by atoms with Gasteiger partial charge >= 0.3 is 0 Å². The van der Waals surface area contributed by atoms with Gasteiger partial charge in [0.15, 0.2) is 0 Å². The van der Waals surface area contributed by atoms with Gasteiger partial charge in [0.2, 0.25) is 0 Å². The average Bonchev–Trinajstić information content (AvgIpc) is 2.54. The molecule has 1 saturated heterocycles. The van der Waals surface area contributed by atoms with Crippen molar-refractivity contribution in [3.05, 3.63) is 24.0 Å². The number of nitrogens with zero attached hydrogens (tertiary/aromatic N) is 2. The number of aromatic nitrogens is 1. The van der Waals surface area contributed by atoms with E-state index in [2.05, 4.69) is 11.9 Å². The summed E-state index contributed by atoms with van der Waals surface area (Å²) in [6.07, 6.45) is 6.10. The maximum absolute atomic E-state index is 12.2. The lowest BCUT2D eigenvalue weighted by atomic mass is 10.0. The van der Waals surface area contributed by atoms with E-state index in [9.17, 15) is 9.90 Å². The molecule has 4 nitrogen and oxygen atoms in total. The number of aromatic hydroxyl groups is 1. The Bertz CT molecular complexity index is 406. The van der Waals surface area contributed by atoms with Crippen molar-refractivity contribution in [3.8, 4) is 5.75 Å². The van der Waals surface area contributed by atoms with Crippen LogP contribution < -0.4 is 0 Å². The molecular weight excluding hydrogens is 216 g/mol. The van der Waals surface area contributed by atoms with E-state index in [4.69, 9.17) is 0 Å². The van der Waals surface area contributed by atoms with Crippen LogP contribution in [0.3, 0.4) is 0 Å². The van der Waals surface area contributed by atoms with Crippen molar-refractivity contribution < 1.29 is 9.90 Å². The molecular formula is C13H18N2O2.